The molecule has 0 saturated heterocycles. The minimum Gasteiger partial charge on any atom is -0.369 e. The molecule has 2 heterocycles. The van der Waals surface area contributed by atoms with Crippen LogP contribution in [0, 0.1) is 0 Å². The van der Waals surface area contributed by atoms with Gasteiger partial charge in [0, 0.05) is 25.0 Å². The molecule has 0 aliphatic carbocycles. The molecule has 1 aromatic heterocycles. The first-order valence-electron chi connectivity index (χ1n) is 10.2. The molecule has 1 aliphatic heterocycles. The van der Waals surface area contributed by atoms with Gasteiger partial charge in [-0.15, -0.1) is 0 Å². The predicted octanol–water partition coefficient (Wildman–Crippen LogP) is 1.99. The van der Waals surface area contributed by atoms with Gasteiger partial charge in [-0.1, -0.05) is 42.5 Å². The second-order valence-corrected chi connectivity index (χ2v) is 9.82. The van der Waals surface area contributed by atoms with Crippen molar-refractivity contribution in [2.75, 3.05) is 7.05 Å². The number of aliphatic imine (C=N–C) groups is 1. The molecule has 3 N–H and O–H groups in total. The summed E-state index contributed by atoms with van der Waals surface area (Å²) in [5, 5.41) is -0.999. The second kappa shape index (κ2) is 8.38. The van der Waals surface area contributed by atoms with E-state index in [1.807, 2.05) is 18.2 Å². The number of hydrogen-bond acceptors (Lipinski definition) is 7. The smallest absolute Gasteiger partial charge is 0.267 e. The summed E-state index contributed by atoms with van der Waals surface area (Å²) < 4.78 is 32.4. The molecule has 2 atom stereocenters. The maximum atomic E-state index is 13.5. The van der Waals surface area contributed by atoms with Crippen LogP contribution in [0.5, 0.6) is 0 Å². The number of likely N-dealkylation sites (N-methyl/N-ethyl adjacent to an activating group) is 1. The predicted molar refractivity (Wildman–Crippen MR) is 124 cm³/mol. The minimum absolute atomic E-state index is 0.0742. The standard InChI is InChI=1S/C23H23N5O4S/c1-15(33(30,31)32)9-16-5-3-7-19(10-16)23(21(29)28(2)22(24)27-23)20-8-4-6-17(11-20)18-12-25-14-26-13-18/h3-8,10-15H,9H2,1-2H3,(H2,24,27)(H,30,31,32). The quantitative estimate of drug-likeness (QED) is 0.531. The number of hydrogen-bond donors (Lipinski definition) is 2. The molecule has 1 aliphatic rings. The average molecular weight is 466 g/mol. The molecule has 10 heteroatoms. The van der Waals surface area contributed by atoms with Crippen molar-refractivity contribution in [2.24, 2.45) is 10.7 Å². The third kappa shape index (κ3) is 4.10. The van der Waals surface area contributed by atoms with Crippen LogP contribution in [0.1, 0.15) is 23.6 Å². The lowest BCUT2D eigenvalue weighted by Gasteiger charge is -2.27. The lowest BCUT2D eigenvalue weighted by molar-refractivity contribution is -0.129. The first kappa shape index (κ1) is 22.6. The van der Waals surface area contributed by atoms with Crippen LogP contribution < -0.4 is 5.73 Å². The van der Waals surface area contributed by atoms with E-state index in [2.05, 4.69) is 15.0 Å². The van der Waals surface area contributed by atoms with E-state index in [0.29, 0.717) is 16.7 Å². The fourth-order valence-electron chi connectivity index (χ4n) is 3.92. The number of guanidine groups is 1. The highest BCUT2D eigenvalue weighted by Crippen LogP contribution is 2.40. The van der Waals surface area contributed by atoms with Crippen molar-refractivity contribution in [1.82, 2.24) is 14.9 Å². The number of rotatable bonds is 6. The molecule has 0 fully saturated rings. The van der Waals surface area contributed by atoms with Crippen molar-refractivity contribution in [3.8, 4) is 11.1 Å². The molecule has 9 nitrogen and oxygen atoms in total. The summed E-state index contributed by atoms with van der Waals surface area (Å²) in [6, 6.07) is 14.3. The highest BCUT2D eigenvalue weighted by Gasteiger charge is 2.49. The SMILES string of the molecule is CC(Cc1cccc(C2(c3cccc(-c4cncnc4)c3)N=C(N)N(C)C2=O)c1)S(=O)(=O)O. The Balaban J connectivity index is 1.87. The topological polar surface area (TPSA) is 139 Å². The number of nitrogens with zero attached hydrogens (tertiary/aromatic N) is 4. The maximum Gasteiger partial charge on any atom is 0.267 e. The number of benzene rings is 2. The summed E-state index contributed by atoms with van der Waals surface area (Å²) in [7, 11) is -2.64. The second-order valence-electron chi connectivity index (χ2n) is 7.98. The van der Waals surface area contributed by atoms with Crippen LogP contribution >= 0.6 is 0 Å². The summed E-state index contributed by atoms with van der Waals surface area (Å²) in [5.41, 5.74) is 7.99. The summed E-state index contributed by atoms with van der Waals surface area (Å²) in [6.07, 6.45) is 4.87. The van der Waals surface area contributed by atoms with Crippen molar-refractivity contribution in [2.45, 2.75) is 24.1 Å². The molecular weight excluding hydrogens is 442 g/mol. The van der Waals surface area contributed by atoms with Gasteiger partial charge in [-0.3, -0.25) is 14.2 Å². The fourth-order valence-corrected chi connectivity index (χ4v) is 4.32. The van der Waals surface area contributed by atoms with Gasteiger partial charge in [-0.05, 0) is 41.7 Å². The van der Waals surface area contributed by atoms with E-state index in [-0.39, 0.29) is 18.3 Å². The van der Waals surface area contributed by atoms with Crippen molar-refractivity contribution < 1.29 is 17.8 Å². The molecule has 3 aromatic rings. The van der Waals surface area contributed by atoms with E-state index in [1.165, 1.54) is 18.2 Å². The maximum absolute atomic E-state index is 13.5. The molecule has 1 amide bonds. The molecule has 170 valence electrons. The van der Waals surface area contributed by atoms with Crippen molar-refractivity contribution in [3.05, 3.63) is 83.9 Å². The van der Waals surface area contributed by atoms with Gasteiger partial charge < -0.3 is 5.73 Å². The van der Waals surface area contributed by atoms with Crippen molar-refractivity contribution in [3.63, 3.8) is 0 Å². The van der Waals surface area contributed by atoms with Crippen LogP contribution in [0.2, 0.25) is 0 Å². The fraction of sp³-hybridized carbons (Fsp3) is 0.217. The molecule has 0 bridgehead atoms. The Labute approximate surface area is 191 Å². The van der Waals surface area contributed by atoms with E-state index >= 15 is 0 Å². The average Bonchev–Trinajstić information content (AvgIpc) is 3.04. The zero-order valence-electron chi connectivity index (χ0n) is 18.1. The number of carbonyl (C=O) groups is 1. The third-order valence-corrected chi connectivity index (χ3v) is 6.97. The van der Waals surface area contributed by atoms with Crippen molar-refractivity contribution in [1.29, 1.82) is 0 Å². The molecule has 0 radical (unpaired) electrons. The highest BCUT2D eigenvalue weighted by atomic mass is 32.2. The Hall–Kier alpha value is -3.63. The molecular formula is C23H23N5O4S. The van der Waals surface area contributed by atoms with E-state index in [0.717, 1.165) is 11.1 Å². The Kier molecular flexibility index (Phi) is 5.73. The molecule has 0 saturated carbocycles. The number of aromatic nitrogens is 2. The first-order chi connectivity index (χ1) is 15.6. The van der Waals surface area contributed by atoms with Gasteiger partial charge in [0.05, 0.1) is 5.25 Å². The van der Waals surface area contributed by atoms with E-state index in [1.54, 1.807) is 49.8 Å². The van der Waals surface area contributed by atoms with Crippen LogP contribution in [0.3, 0.4) is 0 Å². The molecule has 0 spiro atoms. The van der Waals surface area contributed by atoms with Crippen LogP contribution in [0.4, 0.5) is 0 Å². The molecule has 4 rings (SSSR count). The van der Waals surface area contributed by atoms with Crippen LogP contribution in [-0.4, -0.2) is 52.0 Å². The van der Waals surface area contributed by atoms with E-state index < -0.39 is 20.9 Å². The Bertz CT molecular complexity index is 1340. The highest BCUT2D eigenvalue weighted by molar-refractivity contribution is 7.86. The van der Waals surface area contributed by atoms with Crippen molar-refractivity contribution >= 4 is 22.0 Å². The van der Waals surface area contributed by atoms with Crippen LogP contribution in [0.15, 0.2) is 72.2 Å². The molecule has 33 heavy (non-hydrogen) atoms. The Morgan fingerprint density at radius 1 is 1.06 bits per heavy atom. The zero-order valence-corrected chi connectivity index (χ0v) is 18.9. The Morgan fingerprint density at radius 3 is 2.30 bits per heavy atom. The first-order valence-corrected chi connectivity index (χ1v) is 11.7. The number of nitrogens with two attached hydrogens (primary N) is 1. The lowest BCUT2D eigenvalue weighted by Crippen LogP contribution is -2.41. The summed E-state index contributed by atoms with van der Waals surface area (Å²) in [4.78, 5) is 27.6. The summed E-state index contributed by atoms with van der Waals surface area (Å²) in [5.74, 6) is -0.258. The van der Waals surface area contributed by atoms with Gasteiger partial charge >= 0.3 is 0 Å². The van der Waals surface area contributed by atoms with Gasteiger partial charge in [0.1, 0.15) is 6.33 Å². The van der Waals surface area contributed by atoms with E-state index in [9.17, 15) is 17.8 Å². The normalized spacial score (nSPS) is 19.4. The van der Waals surface area contributed by atoms with Gasteiger partial charge in [-0.2, -0.15) is 8.42 Å². The Morgan fingerprint density at radius 2 is 1.70 bits per heavy atom. The van der Waals surface area contributed by atoms with Crippen LogP contribution in [-0.2, 0) is 26.9 Å². The molecule has 2 aromatic carbocycles. The molecule has 2 unspecified atom stereocenters. The van der Waals surface area contributed by atoms with Gasteiger partial charge in [-0.25, -0.2) is 15.0 Å². The largest absolute Gasteiger partial charge is 0.369 e. The monoisotopic (exact) mass is 465 g/mol. The van der Waals surface area contributed by atoms with Gasteiger partial charge in [0.25, 0.3) is 16.0 Å². The zero-order chi connectivity index (χ0) is 23.8. The summed E-state index contributed by atoms with van der Waals surface area (Å²) >= 11 is 0. The van der Waals surface area contributed by atoms with E-state index in [4.69, 9.17) is 5.73 Å². The number of amides is 1. The van der Waals surface area contributed by atoms with Gasteiger partial charge in [0.15, 0.2) is 11.5 Å². The van der Waals surface area contributed by atoms with Crippen LogP contribution in [0.25, 0.3) is 11.1 Å². The summed E-state index contributed by atoms with van der Waals surface area (Å²) in [6.45, 7) is 1.42. The minimum atomic E-state index is -4.20. The number of carbonyl (C=O) groups excluding carboxylic acids is 1. The lowest BCUT2D eigenvalue weighted by atomic mass is 9.81. The third-order valence-electron chi connectivity index (χ3n) is 5.79. The van der Waals surface area contributed by atoms with Gasteiger partial charge in [0.2, 0.25) is 0 Å².